The van der Waals surface area contributed by atoms with E-state index in [2.05, 4.69) is 41.7 Å². The van der Waals surface area contributed by atoms with Gasteiger partial charge in [-0.05, 0) is 42.4 Å². The highest BCUT2D eigenvalue weighted by molar-refractivity contribution is 5.80. The number of hydrogen-bond acceptors (Lipinski definition) is 2. The van der Waals surface area contributed by atoms with Gasteiger partial charge in [0, 0.05) is 31.5 Å². The van der Waals surface area contributed by atoms with Crippen LogP contribution in [0.15, 0.2) is 54.6 Å². The molecule has 1 spiro atoms. The fraction of sp³-hybridized carbons (Fsp3) is 0.391. The number of rotatable bonds is 4. The van der Waals surface area contributed by atoms with E-state index < -0.39 is 0 Å². The van der Waals surface area contributed by atoms with Gasteiger partial charge in [-0.3, -0.25) is 9.59 Å². The third-order valence-corrected chi connectivity index (χ3v) is 6.00. The maximum atomic E-state index is 12.6. The van der Waals surface area contributed by atoms with E-state index in [4.69, 9.17) is 0 Å². The Morgan fingerprint density at radius 2 is 1.59 bits per heavy atom. The minimum Gasteiger partial charge on any atom is -0.351 e. The number of benzene rings is 2. The Hall–Kier alpha value is -2.62. The zero-order chi connectivity index (χ0) is 18.7. The predicted octanol–water partition coefficient (Wildman–Crippen LogP) is 3.56. The molecule has 0 aromatic heterocycles. The Kier molecular flexibility index (Phi) is 4.97. The lowest BCUT2D eigenvalue weighted by molar-refractivity contribution is -0.132. The number of aryl methyl sites for hydroxylation is 1. The molecule has 2 aliphatic rings. The maximum absolute atomic E-state index is 12.6. The van der Waals surface area contributed by atoms with Crippen LogP contribution in [0.25, 0.3) is 11.1 Å². The molecule has 2 aromatic rings. The summed E-state index contributed by atoms with van der Waals surface area (Å²) in [5, 5.41) is 3.13. The van der Waals surface area contributed by atoms with Crippen LogP contribution < -0.4 is 5.32 Å². The van der Waals surface area contributed by atoms with Crippen LogP contribution in [0.2, 0.25) is 0 Å². The molecule has 2 saturated heterocycles. The molecule has 2 heterocycles. The molecule has 0 saturated carbocycles. The van der Waals surface area contributed by atoms with Crippen LogP contribution in [0.4, 0.5) is 0 Å². The smallest absolute Gasteiger partial charge is 0.222 e. The first-order valence-corrected chi connectivity index (χ1v) is 9.87. The van der Waals surface area contributed by atoms with Gasteiger partial charge in [-0.15, -0.1) is 0 Å². The van der Waals surface area contributed by atoms with Gasteiger partial charge in [-0.2, -0.15) is 0 Å². The molecule has 0 aliphatic carbocycles. The topological polar surface area (TPSA) is 49.4 Å². The number of amides is 2. The summed E-state index contributed by atoms with van der Waals surface area (Å²) in [7, 11) is 0. The average Bonchev–Trinajstić information content (AvgIpc) is 3.08. The molecule has 2 fully saturated rings. The number of likely N-dealkylation sites (tertiary alicyclic amines) is 1. The Balaban J connectivity index is 1.28. The fourth-order valence-electron chi connectivity index (χ4n) is 4.24. The van der Waals surface area contributed by atoms with Gasteiger partial charge < -0.3 is 10.2 Å². The molecule has 140 valence electrons. The SMILES string of the molecule is O=C1CCC2(CCN(C(=O)CCc3ccc(-c4ccccc4)cc3)CC2)N1. The Bertz CT molecular complexity index is 806. The van der Waals surface area contributed by atoms with Gasteiger partial charge >= 0.3 is 0 Å². The van der Waals surface area contributed by atoms with E-state index >= 15 is 0 Å². The lowest BCUT2D eigenvalue weighted by Gasteiger charge is -2.39. The molecule has 2 aliphatic heterocycles. The summed E-state index contributed by atoms with van der Waals surface area (Å²) < 4.78 is 0. The second-order valence-corrected chi connectivity index (χ2v) is 7.77. The molecule has 0 bridgehead atoms. The summed E-state index contributed by atoms with van der Waals surface area (Å²) in [6.07, 6.45) is 4.64. The van der Waals surface area contributed by atoms with Crippen molar-refractivity contribution in [3.63, 3.8) is 0 Å². The monoisotopic (exact) mass is 362 g/mol. The summed E-state index contributed by atoms with van der Waals surface area (Å²) in [6.45, 7) is 1.51. The molecule has 4 heteroatoms. The van der Waals surface area contributed by atoms with E-state index in [1.54, 1.807) is 0 Å². The summed E-state index contributed by atoms with van der Waals surface area (Å²) in [5.74, 6) is 0.384. The summed E-state index contributed by atoms with van der Waals surface area (Å²) in [4.78, 5) is 26.0. The van der Waals surface area contributed by atoms with Crippen LogP contribution >= 0.6 is 0 Å². The lowest BCUT2D eigenvalue weighted by atomic mass is 9.86. The van der Waals surface area contributed by atoms with Gasteiger partial charge in [0.15, 0.2) is 0 Å². The van der Waals surface area contributed by atoms with Crippen molar-refractivity contribution in [2.75, 3.05) is 13.1 Å². The van der Waals surface area contributed by atoms with E-state index in [-0.39, 0.29) is 17.4 Å². The number of hydrogen-bond donors (Lipinski definition) is 1. The van der Waals surface area contributed by atoms with Crippen molar-refractivity contribution in [1.29, 1.82) is 0 Å². The van der Waals surface area contributed by atoms with Gasteiger partial charge in [-0.1, -0.05) is 54.6 Å². The molecule has 27 heavy (non-hydrogen) atoms. The normalized spacial score (nSPS) is 18.5. The standard InChI is InChI=1S/C23H26N2O2/c26-21-12-13-23(24-21)14-16-25(17-15-23)22(27)11-8-18-6-9-20(10-7-18)19-4-2-1-3-5-19/h1-7,9-10H,8,11-17H2,(H,24,26). The fourth-order valence-corrected chi connectivity index (χ4v) is 4.24. The first-order chi connectivity index (χ1) is 13.1. The molecule has 4 rings (SSSR count). The van der Waals surface area contributed by atoms with Crippen LogP contribution in [-0.2, 0) is 16.0 Å². The van der Waals surface area contributed by atoms with Gasteiger partial charge in [-0.25, -0.2) is 0 Å². The zero-order valence-electron chi connectivity index (χ0n) is 15.6. The molecule has 0 unspecified atom stereocenters. The number of nitrogens with zero attached hydrogens (tertiary/aromatic N) is 1. The molecule has 4 nitrogen and oxygen atoms in total. The third-order valence-electron chi connectivity index (χ3n) is 6.00. The van der Waals surface area contributed by atoms with Crippen molar-refractivity contribution in [1.82, 2.24) is 10.2 Å². The first kappa shape index (κ1) is 17.8. The van der Waals surface area contributed by atoms with Crippen molar-refractivity contribution < 1.29 is 9.59 Å². The van der Waals surface area contributed by atoms with E-state index in [9.17, 15) is 9.59 Å². The number of carbonyl (C=O) groups is 2. The molecular weight excluding hydrogens is 336 g/mol. The highest BCUT2D eigenvalue weighted by atomic mass is 16.2. The van der Waals surface area contributed by atoms with Gasteiger partial charge in [0.05, 0.1) is 0 Å². The van der Waals surface area contributed by atoms with Gasteiger partial charge in [0.1, 0.15) is 0 Å². The van der Waals surface area contributed by atoms with Crippen molar-refractivity contribution in [3.05, 3.63) is 60.2 Å². The van der Waals surface area contributed by atoms with E-state index in [1.165, 1.54) is 16.7 Å². The maximum Gasteiger partial charge on any atom is 0.222 e. The van der Waals surface area contributed by atoms with Crippen LogP contribution in [0.5, 0.6) is 0 Å². The third kappa shape index (κ3) is 4.05. The highest BCUT2D eigenvalue weighted by Crippen LogP contribution is 2.31. The molecule has 2 aromatic carbocycles. The van der Waals surface area contributed by atoms with Crippen molar-refractivity contribution in [3.8, 4) is 11.1 Å². The molecular formula is C23H26N2O2. The minimum absolute atomic E-state index is 0.0405. The van der Waals surface area contributed by atoms with Gasteiger partial charge in [0.25, 0.3) is 0 Å². The van der Waals surface area contributed by atoms with E-state index in [0.717, 1.165) is 38.8 Å². The highest BCUT2D eigenvalue weighted by Gasteiger charge is 2.40. The Labute approximate surface area is 160 Å². The Morgan fingerprint density at radius 1 is 0.926 bits per heavy atom. The molecule has 1 N–H and O–H groups in total. The minimum atomic E-state index is -0.0405. The number of piperidine rings is 1. The van der Waals surface area contributed by atoms with Crippen LogP contribution in [-0.4, -0.2) is 35.3 Å². The van der Waals surface area contributed by atoms with E-state index in [1.807, 2.05) is 23.1 Å². The van der Waals surface area contributed by atoms with Crippen molar-refractivity contribution in [2.24, 2.45) is 0 Å². The second-order valence-electron chi connectivity index (χ2n) is 7.77. The van der Waals surface area contributed by atoms with Gasteiger partial charge in [0.2, 0.25) is 11.8 Å². The van der Waals surface area contributed by atoms with Crippen LogP contribution in [0, 0.1) is 0 Å². The van der Waals surface area contributed by atoms with E-state index in [0.29, 0.717) is 12.8 Å². The summed E-state index contributed by atoms with van der Waals surface area (Å²) in [5.41, 5.74) is 3.56. The quantitative estimate of drug-likeness (QED) is 0.904. The molecule has 0 radical (unpaired) electrons. The van der Waals surface area contributed by atoms with Crippen molar-refractivity contribution >= 4 is 11.8 Å². The largest absolute Gasteiger partial charge is 0.351 e. The number of carbonyl (C=O) groups excluding carboxylic acids is 2. The van der Waals surface area contributed by atoms with Crippen LogP contribution in [0.3, 0.4) is 0 Å². The summed E-state index contributed by atoms with van der Waals surface area (Å²) >= 11 is 0. The zero-order valence-corrected chi connectivity index (χ0v) is 15.6. The molecule has 2 amide bonds. The lowest BCUT2D eigenvalue weighted by Crippen LogP contribution is -2.52. The average molecular weight is 362 g/mol. The predicted molar refractivity (Wildman–Crippen MR) is 106 cm³/mol. The Morgan fingerprint density at radius 3 is 2.22 bits per heavy atom. The number of nitrogens with one attached hydrogen (secondary N) is 1. The van der Waals surface area contributed by atoms with Crippen molar-refractivity contribution in [2.45, 2.75) is 44.1 Å². The first-order valence-electron chi connectivity index (χ1n) is 9.87. The second kappa shape index (κ2) is 7.55. The molecule has 0 atom stereocenters. The van der Waals surface area contributed by atoms with Crippen LogP contribution in [0.1, 0.15) is 37.7 Å². The summed E-state index contributed by atoms with van der Waals surface area (Å²) in [6, 6.07) is 18.8.